The van der Waals surface area contributed by atoms with Crippen molar-refractivity contribution in [1.82, 2.24) is 9.88 Å². The molecule has 1 unspecified atom stereocenters. The van der Waals surface area contributed by atoms with E-state index in [1.54, 1.807) is 32.5 Å². The van der Waals surface area contributed by atoms with Gasteiger partial charge in [0.2, 0.25) is 0 Å². The summed E-state index contributed by atoms with van der Waals surface area (Å²) < 4.78 is 9.89. The average Bonchev–Trinajstić information content (AvgIpc) is 2.89. The van der Waals surface area contributed by atoms with E-state index in [9.17, 15) is 14.4 Å². The highest BCUT2D eigenvalue weighted by Gasteiger charge is 2.32. The lowest BCUT2D eigenvalue weighted by Crippen LogP contribution is -2.50. The van der Waals surface area contributed by atoms with Gasteiger partial charge in [-0.3, -0.25) is 14.5 Å². The Hall–Kier alpha value is -1.80. The Balaban J connectivity index is 2.18. The van der Waals surface area contributed by atoms with Crippen LogP contribution in [0.3, 0.4) is 0 Å². The predicted octanol–water partition coefficient (Wildman–Crippen LogP) is 1.58. The number of hydrogen-bond acceptors (Lipinski definition) is 7. The van der Waals surface area contributed by atoms with E-state index < -0.39 is 12.0 Å². The van der Waals surface area contributed by atoms with Gasteiger partial charge in [-0.15, -0.1) is 0 Å². The van der Waals surface area contributed by atoms with Crippen LogP contribution in [0.2, 0.25) is 0 Å². The maximum atomic E-state index is 12.8. The van der Waals surface area contributed by atoms with Crippen molar-refractivity contribution in [3.05, 3.63) is 22.5 Å². The molecule has 1 atom stereocenters. The molecule has 0 bridgehead atoms. The highest BCUT2D eigenvalue weighted by Crippen LogP contribution is 2.22. The number of Topliss-reactive ketones (excluding diaryl/α,β-unsaturated/α-hetero) is 1. The first-order valence-electron chi connectivity index (χ1n) is 8.19. The monoisotopic (exact) mass is 368 g/mol. The molecular weight excluding hydrogens is 344 g/mol. The van der Waals surface area contributed by atoms with Crippen LogP contribution in [0.5, 0.6) is 0 Å². The Morgan fingerprint density at radius 3 is 2.68 bits per heavy atom. The minimum atomic E-state index is -0.468. The molecule has 1 aromatic rings. The molecule has 1 aliphatic heterocycles. The Morgan fingerprint density at radius 2 is 2.04 bits per heavy atom. The first-order valence-corrected chi connectivity index (χ1v) is 9.35. The highest BCUT2D eigenvalue weighted by atomic mass is 32.2. The number of nitrogens with zero attached hydrogens (tertiary/aromatic N) is 1. The quantitative estimate of drug-likeness (QED) is 0.602. The summed E-state index contributed by atoms with van der Waals surface area (Å²) in [6, 6.07) is -0.418. The van der Waals surface area contributed by atoms with Crippen molar-refractivity contribution in [1.29, 1.82) is 0 Å². The van der Waals surface area contributed by atoms with E-state index in [4.69, 9.17) is 9.47 Å². The average molecular weight is 368 g/mol. The number of carbonyl (C=O) groups is 3. The Bertz CT molecular complexity index is 670. The molecule has 1 aromatic heterocycles. The first-order chi connectivity index (χ1) is 11.9. The van der Waals surface area contributed by atoms with Crippen LogP contribution in [0.25, 0.3) is 0 Å². The van der Waals surface area contributed by atoms with Crippen LogP contribution in [0.4, 0.5) is 0 Å². The largest absolute Gasteiger partial charge is 0.465 e. The molecule has 0 amide bonds. The molecule has 1 N–H and O–H groups in total. The lowest BCUT2D eigenvalue weighted by molar-refractivity contribution is -0.148. The number of hydrogen-bond donors (Lipinski definition) is 1. The number of H-pyrrole nitrogens is 1. The molecule has 1 fully saturated rings. The molecule has 0 radical (unpaired) electrons. The zero-order chi connectivity index (χ0) is 18.6. The van der Waals surface area contributed by atoms with Gasteiger partial charge < -0.3 is 14.5 Å². The zero-order valence-corrected chi connectivity index (χ0v) is 15.8. The molecule has 0 spiro atoms. The summed E-state index contributed by atoms with van der Waals surface area (Å²) in [5.41, 5.74) is 1.96. The fourth-order valence-corrected chi connectivity index (χ4v) is 4.08. The third-order valence-corrected chi connectivity index (χ3v) is 5.27. The number of aryl methyl sites for hydroxylation is 1. The minimum Gasteiger partial charge on any atom is -0.465 e. The van der Waals surface area contributed by atoms with Crippen molar-refractivity contribution in [3.8, 4) is 0 Å². The van der Waals surface area contributed by atoms with Gasteiger partial charge in [0, 0.05) is 23.7 Å². The second kappa shape index (κ2) is 8.53. The standard InChI is InChI=1S/C17H24N2O5S/c1-5-24-16(21)12-9-25-7-6-19(12)8-13(20)15-10(2)14(11(3)18-15)17(22)23-4/h12,18H,5-9H2,1-4H3. The normalized spacial score (nSPS) is 18.0. The van der Waals surface area contributed by atoms with Crippen LogP contribution in [0, 0.1) is 13.8 Å². The third kappa shape index (κ3) is 4.24. The molecule has 7 nitrogen and oxygen atoms in total. The number of methoxy groups -OCH3 is 1. The lowest BCUT2D eigenvalue weighted by Gasteiger charge is -2.32. The van der Waals surface area contributed by atoms with Crippen molar-refractivity contribution in [2.24, 2.45) is 0 Å². The molecular formula is C17H24N2O5S. The summed E-state index contributed by atoms with van der Waals surface area (Å²) in [7, 11) is 1.31. The van der Waals surface area contributed by atoms with Crippen LogP contribution < -0.4 is 0 Å². The molecule has 1 aliphatic rings. The lowest BCUT2D eigenvalue weighted by atomic mass is 10.1. The van der Waals surface area contributed by atoms with Crippen LogP contribution in [0.1, 0.15) is 39.0 Å². The maximum absolute atomic E-state index is 12.8. The number of thioether (sulfide) groups is 1. The van der Waals surface area contributed by atoms with Crippen molar-refractivity contribution < 1.29 is 23.9 Å². The maximum Gasteiger partial charge on any atom is 0.339 e. The highest BCUT2D eigenvalue weighted by molar-refractivity contribution is 7.99. The van der Waals surface area contributed by atoms with Crippen molar-refractivity contribution in [2.75, 3.05) is 38.3 Å². The van der Waals surface area contributed by atoms with E-state index in [2.05, 4.69) is 4.98 Å². The van der Waals surface area contributed by atoms with E-state index in [0.717, 1.165) is 5.75 Å². The van der Waals surface area contributed by atoms with Gasteiger partial charge in [0.05, 0.1) is 31.5 Å². The fraction of sp³-hybridized carbons (Fsp3) is 0.588. The topological polar surface area (TPSA) is 88.7 Å². The Morgan fingerprint density at radius 1 is 1.32 bits per heavy atom. The Labute approximate surface area is 151 Å². The number of ether oxygens (including phenoxy) is 2. The number of aromatic amines is 1. The Kier molecular flexibility index (Phi) is 6.66. The molecule has 1 saturated heterocycles. The molecule has 2 rings (SSSR count). The van der Waals surface area contributed by atoms with Crippen LogP contribution in [-0.2, 0) is 14.3 Å². The number of nitrogens with one attached hydrogen (secondary N) is 1. The summed E-state index contributed by atoms with van der Waals surface area (Å²) in [6.07, 6.45) is 0. The van der Waals surface area contributed by atoms with Gasteiger partial charge in [0.1, 0.15) is 6.04 Å². The molecule has 25 heavy (non-hydrogen) atoms. The zero-order valence-electron chi connectivity index (χ0n) is 15.0. The number of aromatic nitrogens is 1. The van der Waals surface area contributed by atoms with E-state index in [1.165, 1.54) is 7.11 Å². The molecule has 0 aliphatic carbocycles. The summed E-state index contributed by atoms with van der Waals surface area (Å²) in [6.45, 7) is 6.28. The van der Waals surface area contributed by atoms with Gasteiger partial charge in [-0.2, -0.15) is 11.8 Å². The van der Waals surface area contributed by atoms with Gasteiger partial charge in [0.25, 0.3) is 0 Å². The summed E-state index contributed by atoms with van der Waals surface area (Å²) in [5.74, 6) is 0.555. The SMILES string of the molecule is CCOC(=O)C1CSCCN1CC(=O)c1[nH]c(C)c(C(=O)OC)c1C. The van der Waals surface area contributed by atoms with Gasteiger partial charge in [-0.05, 0) is 26.3 Å². The predicted molar refractivity (Wildman–Crippen MR) is 95.3 cm³/mol. The summed E-state index contributed by atoms with van der Waals surface area (Å²) >= 11 is 1.68. The first kappa shape index (κ1) is 19.5. The van der Waals surface area contributed by atoms with Crippen molar-refractivity contribution in [2.45, 2.75) is 26.8 Å². The van der Waals surface area contributed by atoms with Crippen LogP contribution >= 0.6 is 11.8 Å². The second-order valence-corrected chi connectivity index (χ2v) is 7.00. The van der Waals surface area contributed by atoms with Gasteiger partial charge in [-0.25, -0.2) is 4.79 Å². The molecule has 0 aromatic carbocycles. The minimum absolute atomic E-state index is 0.103. The van der Waals surface area contributed by atoms with Crippen molar-refractivity contribution >= 4 is 29.5 Å². The number of carbonyl (C=O) groups excluding carboxylic acids is 3. The van der Waals surface area contributed by atoms with Crippen LogP contribution in [0.15, 0.2) is 0 Å². The molecule has 8 heteroatoms. The van der Waals surface area contributed by atoms with E-state index >= 15 is 0 Å². The van der Waals surface area contributed by atoms with Crippen molar-refractivity contribution in [3.63, 3.8) is 0 Å². The van der Waals surface area contributed by atoms with Gasteiger partial charge in [-0.1, -0.05) is 0 Å². The smallest absolute Gasteiger partial charge is 0.339 e. The summed E-state index contributed by atoms with van der Waals surface area (Å²) in [5, 5.41) is 0. The molecule has 0 saturated carbocycles. The van der Waals surface area contributed by atoms with E-state index in [0.29, 0.717) is 41.4 Å². The third-order valence-electron chi connectivity index (χ3n) is 4.25. The number of esters is 2. The molecule has 138 valence electrons. The number of rotatable bonds is 6. The van der Waals surface area contributed by atoms with E-state index in [-0.39, 0.29) is 18.3 Å². The van der Waals surface area contributed by atoms with Gasteiger partial charge in [0.15, 0.2) is 5.78 Å². The summed E-state index contributed by atoms with van der Waals surface area (Å²) in [4.78, 5) is 41.6. The second-order valence-electron chi connectivity index (χ2n) is 5.85. The number of ketones is 1. The van der Waals surface area contributed by atoms with Crippen LogP contribution in [-0.4, -0.2) is 72.0 Å². The van der Waals surface area contributed by atoms with E-state index in [1.807, 2.05) is 4.90 Å². The van der Waals surface area contributed by atoms with Gasteiger partial charge >= 0.3 is 11.9 Å². The fourth-order valence-electron chi connectivity index (χ4n) is 2.98. The molecule has 2 heterocycles.